The Labute approximate surface area is 326 Å². The molecule has 0 atom stereocenters. The van der Waals surface area contributed by atoms with Crippen molar-refractivity contribution in [1.82, 2.24) is 9.97 Å². The number of pyridine rings is 2. The van der Waals surface area contributed by atoms with Crippen LogP contribution < -0.4 is 15.9 Å². The van der Waals surface area contributed by atoms with Crippen LogP contribution in [0.1, 0.15) is 11.1 Å². The van der Waals surface area contributed by atoms with Crippen LogP contribution in [-0.4, -0.2) is 9.97 Å². The fourth-order valence-corrected chi connectivity index (χ4v) is 11.3. The number of rotatable bonds is 6. The van der Waals surface area contributed by atoms with E-state index in [1.165, 1.54) is 5.39 Å². The molecule has 10 rings (SSSR count). The highest BCUT2D eigenvalue weighted by Gasteiger charge is 2.31. The summed E-state index contributed by atoms with van der Waals surface area (Å²) in [7, 11) is -3.24. The van der Waals surface area contributed by atoms with E-state index in [1.54, 1.807) is 0 Å². The van der Waals surface area contributed by atoms with Crippen LogP contribution in [0.4, 0.5) is 0 Å². The van der Waals surface area contributed by atoms with Gasteiger partial charge in [-0.3, -0.25) is 0 Å². The van der Waals surface area contributed by atoms with E-state index in [-0.39, 0.29) is 0 Å². The summed E-state index contributed by atoms with van der Waals surface area (Å²) >= 11 is 0. The summed E-state index contributed by atoms with van der Waals surface area (Å²) < 4.78 is 15.6. The molecular formula is C52H37N2OP. The molecule has 0 fully saturated rings. The Balaban J connectivity index is 1.34. The number of aromatic nitrogens is 2. The molecule has 56 heavy (non-hydrogen) atoms. The van der Waals surface area contributed by atoms with Crippen LogP contribution in [0.2, 0.25) is 0 Å². The zero-order chi connectivity index (χ0) is 37.8. The van der Waals surface area contributed by atoms with Gasteiger partial charge in [-0.05, 0) is 59.0 Å². The maximum absolute atomic E-state index is 15.6. The third-order valence-corrected chi connectivity index (χ3v) is 14.3. The lowest BCUT2D eigenvalue weighted by Gasteiger charge is -2.23. The average Bonchev–Trinajstić information content (AvgIpc) is 3.27. The molecule has 0 spiro atoms. The van der Waals surface area contributed by atoms with Crippen LogP contribution in [0.3, 0.4) is 0 Å². The van der Waals surface area contributed by atoms with Crippen molar-refractivity contribution in [3.8, 4) is 33.6 Å². The zero-order valence-corrected chi connectivity index (χ0v) is 32.0. The van der Waals surface area contributed by atoms with Gasteiger partial charge in [0, 0.05) is 48.6 Å². The quantitative estimate of drug-likeness (QED) is 0.0970. The molecule has 266 valence electrons. The highest BCUT2D eigenvalue weighted by atomic mass is 31.2. The summed E-state index contributed by atoms with van der Waals surface area (Å²) in [6.45, 7) is 4.49. The van der Waals surface area contributed by atoms with Crippen molar-refractivity contribution >= 4 is 66.4 Å². The van der Waals surface area contributed by atoms with Crippen molar-refractivity contribution in [3.05, 3.63) is 199 Å². The van der Waals surface area contributed by atoms with E-state index >= 15 is 4.57 Å². The Bertz CT molecular complexity index is 3110. The van der Waals surface area contributed by atoms with E-state index < -0.39 is 7.14 Å². The Morgan fingerprint density at radius 2 is 0.750 bits per heavy atom. The smallest absolute Gasteiger partial charge is 0.171 e. The van der Waals surface area contributed by atoms with E-state index in [9.17, 15) is 0 Å². The SMILES string of the molecule is Cc1c2c(-c3ccccc3)nc3cc(P(=O)(c4ccccc4)c4ccccc4)ccc3c2c(C)c2c(-c3ccccc3)nc3cc(-c4ccccc4)ccc3c12. The molecule has 0 saturated carbocycles. The lowest BCUT2D eigenvalue weighted by atomic mass is 9.85. The topological polar surface area (TPSA) is 42.9 Å². The Hall–Kier alpha value is -6.67. The summed E-state index contributed by atoms with van der Waals surface area (Å²) in [6, 6.07) is 64.2. The second-order valence-corrected chi connectivity index (χ2v) is 17.3. The minimum atomic E-state index is -3.24. The number of fused-ring (bicyclic) bond motifs is 6. The molecule has 0 aliphatic heterocycles. The molecule has 2 heterocycles. The van der Waals surface area contributed by atoms with E-state index in [0.29, 0.717) is 0 Å². The van der Waals surface area contributed by atoms with Crippen molar-refractivity contribution in [1.29, 1.82) is 0 Å². The van der Waals surface area contributed by atoms with Gasteiger partial charge in [-0.1, -0.05) is 176 Å². The molecule has 3 nitrogen and oxygen atoms in total. The third-order valence-electron chi connectivity index (χ3n) is 11.3. The fourth-order valence-electron chi connectivity index (χ4n) is 8.62. The van der Waals surface area contributed by atoms with Crippen molar-refractivity contribution in [2.75, 3.05) is 0 Å². The lowest BCUT2D eigenvalue weighted by molar-refractivity contribution is 0.592. The second-order valence-electron chi connectivity index (χ2n) is 14.5. The highest BCUT2D eigenvalue weighted by molar-refractivity contribution is 7.85. The first-order valence-corrected chi connectivity index (χ1v) is 20.7. The van der Waals surface area contributed by atoms with Gasteiger partial charge in [-0.2, -0.15) is 0 Å². The monoisotopic (exact) mass is 736 g/mol. The average molecular weight is 737 g/mol. The molecular weight excluding hydrogens is 700 g/mol. The van der Waals surface area contributed by atoms with Crippen LogP contribution in [0.25, 0.3) is 77.0 Å². The number of nitrogens with zero attached hydrogens (tertiary/aromatic N) is 2. The summed E-state index contributed by atoms with van der Waals surface area (Å²) in [5.74, 6) is 0. The van der Waals surface area contributed by atoms with Crippen molar-refractivity contribution in [3.63, 3.8) is 0 Å². The number of aryl methyl sites for hydroxylation is 2. The standard InChI is InChI=1S/C52H37N2OP/c1-34-47-43-30-28-39(36-18-8-3-9-19-36)32-45(43)53-51(37-20-10-4-11-21-37)49(47)35(2)48-44-31-29-42(33-46(44)54-52(50(34)48)38-22-12-5-13-23-38)56(55,40-24-14-6-15-25-40)41-26-16-7-17-27-41/h3-33H,1-2H3. The van der Waals surface area contributed by atoms with Gasteiger partial charge >= 0.3 is 0 Å². The Morgan fingerprint density at radius 1 is 0.357 bits per heavy atom. The summed E-state index contributed by atoms with van der Waals surface area (Å²) in [6.07, 6.45) is 0. The lowest BCUT2D eigenvalue weighted by Crippen LogP contribution is -2.25. The largest absolute Gasteiger partial charge is 0.309 e. The molecule has 0 unspecified atom stereocenters. The van der Waals surface area contributed by atoms with Crippen LogP contribution in [-0.2, 0) is 4.57 Å². The van der Waals surface area contributed by atoms with Gasteiger partial charge in [0.1, 0.15) is 0 Å². The van der Waals surface area contributed by atoms with Gasteiger partial charge in [0.25, 0.3) is 0 Å². The summed E-state index contributed by atoms with van der Waals surface area (Å²) in [5, 5.41) is 9.08. The second kappa shape index (κ2) is 13.6. The van der Waals surface area contributed by atoms with Gasteiger partial charge in [-0.25, -0.2) is 9.97 Å². The first-order valence-electron chi connectivity index (χ1n) is 19.0. The Kier molecular flexibility index (Phi) is 8.20. The van der Waals surface area contributed by atoms with E-state index in [4.69, 9.17) is 9.97 Å². The van der Waals surface area contributed by atoms with Crippen molar-refractivity contribution < 1.29 is 4.57 Å². The fraction of sp³-hybridized carbons (Fsp3) is 0.0385. The van der Waals surface area contributed by atoms with Crippen LogP contribution in [0.15, 0.2) is 188 Å². The third kappa shape index (κ3) is 5.39. The molecule has 0 aliphatic rings. The highest BCUT2D eigenvalue weighted by Crippen LogP contribution is 2.47. The molecule has 0 N–H and O–H groups in total. The molecule has 10 aromatic rings. The minimum absolute atomic E-state index is 0.760. The maximum atomic E-state index is 15.6. The van der Waals surface area contributed by atoms with Gasteiger partial charge in [0.05, 0.1) is 22.4 Å². The maximum Gasteiger partial charge on any atom is 0.171 e. The van der Waals surface area contributed by atoms with E-state index in [0.717, 1.165) is 98.6 Å². The molecule has 0 saturated heterocycles. The molecule has 0 radical (unpaired) electrons. The molecule has 8 aromatic carbocycles. The first kappa shape index (κ1) is 33.9. The van der Waals surface area contributed by atoms with Crippen LogP contribution >= 0.6 is 7.14 Å². The summed E-state index contributed by atoms with van der Waals surface area (Å²) in [5.41, 5.74) is 10.3. The summed E-state index contributed by atoms with van der Waals surface area (Å²) in [4.78, 5) is 11.0. The van der Waals surface area contributed by atoms with E-state index in [1.807, 2.05) is 66.7 Å². The first-order chi connectivity index (χ1) is 27.5. The molecule has 0 bridgehead atoms. The van der Waals surface area contributed by atoms with Gasteiger partial charge in [0.2, 0.25) is 0 Å². The molecule has 2 aromatic heterocycles. The number of hydrogen-bond acceptors (Lipinski definition) is 3. The van der Waals surface area contributed by atoms with Gasteiger partial charge in [-0.15, -0.1) is 0 Å². The van der Waals surface area contributed by atoms with Gasteiger partial charge in [0.15, 0.2) is 7.14 Å². The molecule has 0 amide bonds. The van der Waals surface area contributed by atoms with Gasteiger partial charge < -0.3 is 4.57 Å². The van der Waals surface area contributed by atoms with Crippen LogP contribution in [0.5, 0.6) is 0 Å². The predicted molar refractivity (Wildman–Crippen MR) is 237 cm³/mol. The molecule has 4 heteroatoms. The molecule has 0 aliphatic carbocycles. The van der Waals surface area contributed by atoms with Crippen molar-refractivity contribution in [2.45, 2.75) is 13.8 Å². The predicted octanol–water partition coefficient (Wildman–Crippen LogP) is 12.3. The van der Waals surface area contributed by atoms with Crippen molar-refractivity contribution in [2.24, 2.45) is 0 Å². The normalized spacial score (nSPS) is 11.8. The zero-order valence-electron chi connectivity index (χ0n) is 31.1. The number of hydrogen-bond donors (Lipinski definition) is 0. The van der Waals surface area contributed by atoms with Crippen LogP contribution in [0, 0.1) is 13.8 Å². The number of benzene rings is 8. The Morgan fingerprint density at radius 3 is 1.21 bits per heavy atom. The van der Waals surface area contributed by atoms with E-state index in [2.05, 4.69) is 135 Å². The minimum Gasteiger partial charge on any atom is -0.309 e.